The van der Waals surface area contributed by atoms with Gasteiger partial charge >= 0.3 is 12.0 Å². The molecule has 3 N–H and O–H groups in total. The number of amides is 2. The second-order valence-electron chi connectivity index (χ2n) is 5.19. The second-order valence-corrected chi connectivity index (χ2v) is 5.19. The van der Waals surface area contributed by atoms with E-state index in [1.165, 1.54) is 19.2 Å². The molecule has 0 saturated heterocycles. The molecule has 0 aliphatic heterocycles. The molecule has 0 spiro atoms. The number of methoxy groups -OCH3 is 1. The van der Waals surface area contributed by atoms with Crippen LogP contribution in [0.15, 0.2) is 42.7 Å². The van der Waals surface area contributed by atoms with Crippen molar-refractivity contribution in [3.63, 3.8) is 0 Å². The van der Waals surface area contributed by atoms with Gasteiger partial charge in [0.15, 0.2) is 0 Å². The van der Waals surface area contributed by atoms with E-state index in [0.29, 0.717) is 22.3 Å². The number of rotatable bonds is 4. The van der Waals surface area contributed by atoms with Crippen LogP contribution in [-0.4, -0.2) is 35.6 Å². The number of nitrogens with one attached hydrogen (secondary N) is 3. The zero-order valence-corrected chi connectivity index (χ0v) is 13.3. The van der Waals surface area contributed by atoms with Crippen molar-refractivity contribution in [2.45, 2.75) is 0 Å². The fraction of sp³-hybridized carbons (Fsp3) is 0.118. The lowest BCUT2D eigenvalue weighted by molar-refractivity contribution is -0.139. The number of pyridine rings is 1. The third kappa shape index (κ3) is 3.57. The third-order valence-corrected chi connectivity index (χ3v) is 3.57. The number of benzene rings is 1. The Morgan fingerprint density at radius 2 is 2.16 bits per heavy atom. The van der Waals surface area contributed by atoms with Gasteiger partial charge < -0.3 is 20.4 Å². The van der Waals surface area contributed by atoms with Gasteiger partial charge in [0.1, 0.15) is 12.4 Å². The zero-order chi connectivity index (χ0) is 17.8. The third-order valence-electron chi connectivity index (χ3n) is 3.57. The molecule has 0 atom stereocenters. The predicted molar refractivity (Wildman–Crippen MR) is 90.5 cm³/mol. The van der Waals surface area contributed by atoms with Gasteiger partial charge in [0, 0.05) is 28.9 Å². The Kier molecular flexibility index (Phi) is 4.60. The number of carbonyl (C=O) groups is 2. The van der Waals surface area contributed by atoms with E-state index in [9.17, 15) is 14.0 Å². The van der Waals surface area contributed by atoms with Crippen molar-refractivity contribution >= 4 is 28.6 Å². The Morgan fingerprint density at radius 1 is 1.32 bits per heavy atom. The van der Waals surface area contributed by atoms with Crippen molar-refractivity contribution < 1.29 is 18.7 Å². The van der Waals surface area contributed by atoms with E-state index in [1.807, 2.05) is 6.07 Å². The summed E-state index contributed by atoms with van der Waals surface area (Å²) >= 11 is 0. The van der Waals surface area contributed by atoms with Gasteiger partial charge in [-0.3, -0.25) is 9.78 Å². The van der Waals surface area contributed by atoms with Crippen LogP contribution in [-0.2, 0) is 9.53 Å². The minimum Gasteiger partial charge on any atom is -0.468 e. The van der Waals surface area contributed by atoms with Gasteiger partial charge in [0.25, 0.3) is 0 Å². The van der Waals surface area contributed by atoms with Crippen LogP contribution in [0.2, 0.25) is 0 Å². The number of esters is 1. The Balaban J connectivity index is 1.98. The van der Waals surface area contributed by atoms with Gasteiger partial charge in [-0.2, -0.15) is 0 Å². The molecule has 0 aliphatic rings. The molecular weight excluding hydrogens is 327 g/mol. The first-order chi connectivity index (χ1) is 12.1. The fourth-order valence-corrected chi connectivity index (χ4v) is 2.40. The number of hydrogen-bond acceptors (Lipinski definition) is 4. The van der Waals surface area contributed by atoms with Crippen LogP contribution in [0.4, 0.5) is 14.9 Å². The van der Waals surface area contributed by atoms with E-state index < -0.39 is 17.8 Å². The second kappa shape index (κ2) is 7.00. The number of urea groups is 1. The van der Waals surface area contributed by atoms with Gasteiger partial charge in [-0.25, -0.2) is 9.18 Å². The number of aromatic nitrogens is 2. The van der Waals surface area contributed by atoms with Crippen molar-refractivity contribution in [3.05, 3.63) is 48.5 Å². The summed E-state index contributed by atoms with van der Waals surface area (Å²) < 4.78 is 18.1. The van der Waals surface area contributed by atoms with Gasteiger partial charge in [0.05, 0.1) is 18.5 Å². The largest absolute Gasteiger partial charge is 0.468 e. The average Bonchev–Trinajstić information content (AvgIpc) is 2.98. The number of H-pyrrole nitrogens is 1. The van der Waals surface area contributed by atoms with Crippen molar-refractivity contribution in [2.24, 2.45) is 0 Å². The molecule has 25 heavy (non-hydrogen) atoms. The molecule has 3 rings (SSSR count). The molecule has 0 saturated carbocycles. The minimum atomic E-state index is -0.610. The van der Waals surface area contributed by atoms with Crippen molar-refractivity contribution in [1.29, 1.82) is 0 Å². The summed E-state index contributed by atoms with van der Waals surface area (Å²) in [5, 5.41) is 5.54. The van der Waals surface area contributed by atoms with Gasteiger partial charge in [-0.05, 0) is 30.3 Å². The van der Waals surface area contributed by atoms with Crippen LogP contribution in [0, 0.1) is 5.82 Å². The molecular formula is C17H15FN4O3. The summed E-state index contributed by atoms with van der Waals surface area (Å²) in [4.78, 5) is 30.4. The maximum absolute atomic E-state index is 13.6. The molecule has 7 nitrogen and oxygen atoms in total. The van der Waals surface area contributed by atoms with E-state index >= 15 is 0 Å². The van der Waals surface area contributed by atoms with Crippen LogP contribution >= 0.6 is 0 Å². The van der Waals surface area contributed by atoms with Gasteiger partial charge in [0.2, 0.25) is 0 Å². The van der Waals surface area contributed by atoms with E-state index in [0.717, 1.165) is 5.56 Å². The number of halogens is 1. The SMILES string of the molecule is COC(=O)CNC(=O)Nc1c(-c2cccnc2)[nH]c2ccc(F)cc12. The number of aromatic amines is 1. The van der Waals surface area contributed by atoms with Crippen LogP contribution < -0.4 is 10.6 Å². The summed E-state index contributed by atoms with van der Waals surface area (Å²) in [6.07, 6.45) is 3.25. The predicted octanol–water partition coefficient (Wildman–Crippen LogP) is 2.66. The maximum atomic E-state index is 13.6. The highest BCUT2D eigenvalue weighted by atomic mass is 19.1. The first kappa shape index (κ1) is 16.4. The standard InChI is InChI=1S/C17H15FN4O3/c1-25-14(23)9-20-17(24)22-16-12-7-11(18)4-5-13(12)21-15(16)10-3-2-6-19-8-10/h2-8,21H,9H2,1H3,(H2,20,22,24). The molecule has 1 aromatic carbocycles. The van der Waals surface area contributed by atoms with Crippen molar-refractivity contribution in [1.82, 2.24) is 15.3 Å². The summed E-state index contributed by atoms with van der Waals surface area (Å²) in [6.45, 7) is -0.277. The monoisotopic (exact) mass is 342 g/mol. The lowest BCUT2D eigenvalue weighted by atomic mass is 10.1. The molecule has 0 radical (unpaired) electrons. The molecule has 0 aliphatic carbocycles. The molecule has 2 heterocycles. The smallest absolute Gasteiger partial charge is 0.325 e. The zero-order valence-electron chi connectivity index (χ0n) is 13.3. The van der Waals surface area contributed by atoms with Crippen molar-refractivity contribution in [3.8, 4) is 11.3 Å². The lowest BCUT2D eigenvalue weighted by Crippen LogP contribution is -2.33. The number of hydrogen-bond donors (Lipinski definition) is 3. The Hall–Kier alpha value is -3.42. The number of fused-ring (bicyclic) bond motifs is 1. The summed E-state index contributed by atoms with van der Waals surface area (Å²) in [6, 6.07) is 7.19. The van der Waals surface area contributed by atoms with Crippen molar-refractivity contribution in [2.75, 3.05) is 19.0 Å². The Labute approximate surface area is 142 Å². The maximum Gasteiger partial charge on any atom is 0.325 e. The van der Waals surface area contributed by atoms with E-state index in [1.54, 1.807) is 24.5 Å². The number of nitrogens with zero attached hydrogens (tertiary/aromatic N) is 1. The topological polar surface area (TPSA) is 96.1 Å². The normalized spacial score (nSPS) is 10.5. The van der Waals surface area contributed by atoms with Crippen LogP contribution in [0.1, 0.15) is 0 Å². The molecule has 0 unspecified atom stereocenters. The number of anilines is 1. The Morgan fingerprint density at radius 3 is 2.88 bits per heavy atom. The number of carbonyl (C=O) groups excluding carboxylic acids is 2. The molecule has 0 fully saturated rings. The molecule has 128 valence electrons. The highest BCUT2D eigenvalue weighted by Gasteiger charge is 2.16. The Bertz CT molecular complexity index is 924. The highest BCUT2D eigenvalue weighted by molar-refractivity contribution is 6.07. The van der Waals surface area contributed by atoms with E-state index in [2.05, 4.69) is 25.3 Å². The fourth-order valence-electron chi connectivity index (χ4n) is 2.40. The quantitative estimate of drug-likeness (QED) is 0.635. The van der Waals surface area contributed by atoms with Crippen LogP contribution in [0.3, 0.4) is 0 Å². The van der Waals surface area contributed by atoms with Crippen LogP contribution in [0.5, 0.6) is 0 Å². The number of ether oxygens (including phenoxy) is 1. The molecule has 3 aromatic rings. The summed E-state index contributed by atoms with van der Waals surface area (Å²) in [5.74, 6) is -1.00. The molecule has 2 aromatic heterocycles. The first-order valence-corrected chi connectivity index (χ1v) is 7.42. The lowest BCUT2D eigenvalue weighted by Gasteiger charge is -2.08. The van der Waals surface area contributed by atoms with E-state index in [4.69, 9.17) is 0 Å². The minimum absolute atomic E-state index is 0.277. The molecule has 2 amide bonds. The highest BCUT2D eigenvalue weighted by Crippen LogP contribution is 2.35. The first-order valence-electron chi connectivity index (χ1n) is 7.42. The average molecular weight is 342 g/mol. The van der Waals surface area contributed by atoms with Crippen LogP contribution in [0.25, 0.3) is 22.2 Å². The van der Waals surface area contributed by atoms with Gasteiger partial charge in [-0.15, -0.1) is 0 Å². The summed E-state index contributed by atoms with van der Waals surface area (Å²) in [5.41, 5.74) is 2.36. The van der Waals surface area contributed by atoms with E-state index in [-0.39, 0.29) is 6.54 Å². The molecule has 0 bridgehead atoms. The summed E-state index contributed by atoms with van der Waals surface area (Å²) in [7, 11) is 1.23. The molecule has 8 heteroatoms. The van der Waals surface area contributed by atoms with Gasteiger partial charge in [-0.1, -0.05) is 0 Å².